The average molecular weight is 409 g/mol. The zero-order valence-electron chi connectivity index (χ0n) is 17.4. The van der Waals surface area contributed by atoms with Crippen LogP contribution in [0.4, 0.5) is 5.69 Å². The molecule has 0 saturated carbocycles. The van der Waals surface area contributed by atoms with Crippen molar-refractivity contribution in [1.82, 2.24) is 10.2 Å². The molecular weight excluding hydrogens is 382 g/mol. The summed E-state index contributed by atoms with van der Waals surface area (Å²) in [5.41, 5.74) is 3.20. The van der Waals surface area contributed by atoms with Gasteiger partial charge in [-0.15, -0.1) is 0 Å². The summed E-state index contributed by atoms with van der Waals surface area (Å²) in [4.78, 5) is 27.5. The molecule has 2 aliphatic rings. The molecule has 1 atom stereocenters. The number of likely N-dealkylation sites (tertiary alicyclic amines) is 1. The first-order valence-corrected chi connectivity index (χ1v) is 10.3. The van der Waals surface area contributed by atoms with E-state index >= 15 is 0 Å². The number of nitrogens with zero attached hydrogens (tertiary/aromatic N) is 1. The summed E-state index contributed by atoms with van der Waals surface area (Å²) >= 11 is 0. The van der Waals surface area contributed by atoms with Gasteiger partial charge in [-0.1, -0.05) is 12.1 Å². The first-order valence-electron chi connectivity index (χ1n) is 10.3. The number of rotatable bonds is 6. The van der Waals surface area contributed by atoms with E-state index in [9.17, 15) is 9.59 Å². The molecule has 2 aromatic carbocycles. The van der Waals surface area contributed by atoms with Crippen LogP contribution in [0.15, 0.2) is 36.4 Å². The van der Waals surface area contributed by atoms with Crippen LogP contribution in [-0.2, 0) is 11.2 Å². The summed E-state index contributed by atoms with van der Waals surface area (Å²) in [5, 5.41) is 6.24. The molecule has 4 rings (SSSR count). The van der Waals surface area contributed by atoms with Crippen LogP contribution in [0.1, 0.15) is 40.4 Å². The van der Waals surface area contributed by atoms with Gasteiger partial charge in [0.05, 0.1) is 14.2 Å². The normalized spacial score (nSPS) is 16.5. The van der Waals surface area contributed by atoms with Gasteiger partial charge in [-0.3, -0.25) is 9.59 Å². The summed E-state index contributed by atoms with van der Waals surface area (Å²) in [7, 11) is 3.16. The summed E-state index contributed by atoms with van der Waals surface area (Å²) in [6.07, 6.45) is 2.85. The molecule has 2 amide bonds. The maximum Gasteiger partial charge on any atom is 0.251 e. The van der Waals surface area contributed by atoms with Gasteiger partial charge in [0.25, 0.3) is 5.91 Å². The Labute approximate surface area is 176 Å². The Bertz CT molecular complexity index is 953. The van der Waals surface area contributed by atoms with E-state index in [-0.39, 0.29) is 11.8 Å². The highest BCUT2D eigenvalue weighted by Crippen LogP contribution is 2.33. The Kier molecular flexibility index (Phi) is 5.79. The third kappa shape index (κ3) is 3.92. The van der Waals surface area contributed by atoms with E-state index in [2.05, 4.69) is 10.6 Å². The monoisotopic (exact) mass is 409 g/mol. The van der Waals surface area contributed by atoms with E-state index in [4.69, 9.17) is 9.47 Å². The molecule has 1 saturated heterocycles. The number of anilines is 1. The zero-order chi connectivity index (χ0) is 21.1. The molecule has 0 spiro atoms. The molecule has 0 aliphatic carbocycles. The quantitative estimate of drug-likeness (QED) is 0.767. The van der Waals surface area contributed by atoms with E-state index in [0.717, 1.165) is 49.2 Å². The summed E-state index contributed by atoms with van der Waals surface area (Å²) in [6.45, 7) is 2.17. The molecule has 2 N–H and O–H groups in total. The van der Waals surface area contributed by atoms with E-state index in [1.165, 1.54) is 0 Å². The Morgan fingerprint density at radius 3 is 2.57 bits per heavy atom. The summed E-state index contributed by atoms with van der Waals surface area (Å²) in [6, 6.07) is 10.6. The summed E-state index contributed by atoms with van der Waals surface area (Å²) < 4.78 is 10.8. The lowest BCUT2D eigenvalue weighted by Gasteiger charge is -2.26. The van der Waals surface area contributed by atoms with Gasteiger partial charge >= 0.3 is 0 Å². The molecule has 1 fully saturated rings. The minimum Gasteiger partial charge on any atom is -0.493 e. The second kappa shape index (κ2) is 8.65. The van der Waals surface area contributed by atoms with Gasteiger partial charge in [-0.05, 0) is 54.7 Å². The van der Waals surface area contributed by atoms with Crippen LogP contribution in [0, 0.1) is 0 Å². The van der Waals surface area contributed by atoms with Crippen molar-refractivity contribution in [1.29, 1.82) is 0 Å². The Morgan fingerprint density at radius 1 is 1.07 bits per heavy atom. The lowest BCUT2D eigenvalue weighted by molar-refractivity contribution is -0.131. The van der Waals surface area contributed by atoms with Crippen molar-refractivity contribution < 1.29 is 19.1 Å². The first-order chi connectivity index (χ1) is 14.6. The highest BCUT2D eigenvalue weighted by atomic mass is 16.5. The third-order valence-corrected chi connectivity index (χ3v) is 5.75. The number of hydrogen-bond donors (Lipinski definition) is 2. The van der Waals surface area contributed by atoms with Crippen LogP contribution in [0.25, 0.3) is 0 Å². The van der Waals surface area contributed by atoms with Crippen LogP contribution in [0.5, 0.6) is 11.5 Å². The molecular formula is C23H27N3O4. The van der Waals surface area contributed by atoms with Gasteiger partial charge in [0.2, 0.25) is 5.91 Å². The predicted molar refractivity (Wildman–Crippen MR) is 114 cm³/mol. The minimum absolute atomic E-state index is 0.0156. The van der Waals surface area contributed by atoms with Gasteiger partial charge in [0, 0.05) is 30.9 Å². The fraction of sp³-hybridized carbons (Fsp3) is 0.391. The van der Waals surface area contributed by atoms with Crippen LogP contribution in [0.3, 0.4) is 0 Å². The molecule has 7 nitrogen and oxygen atoms in total. The maximum atomic E-state index is 13.4. The topological polar surface area (TPSA) is 79.9 Å². The summed E-state index contributed by atoms with van der Waals surface area (Å²) in [5.74, 6) is 1.12. The predicted octanol–water partition coefficient (Wildman–Crippen LogP) is 2.77. The van der Waals surface area contributed by atoms with Gasteiger partial charge in [0.1, 0.15) is 6.04 Å². The maximum absolute atomic E-state index is 13.4. The minimum atomic E-state index is -0.590. The fourth-order valence-corrected chi connectivity index (χ4v) is 4.11. The lowest BCUT2D eigenvalue weighted by Crippen LogP contribution is -2.36. The fourth-order valence-electron chi connectivity index (χ4n) is 4.11. The van der Waals surface area contributed by atoms with Crippen molar-refractivity contribution in [3.8, 4) is 11.5 Å². The number of benzene rings is 2. The standard InChI is InChI=1S/C23H27N3O4/c1-29-19-8-6-16(13-20(19)30-2)21(23(28)26-11-3-4-12-26)25-17-7-5-15-9-10-24-22(27)18(15)14-17/h5-8,13-14,21,25H,3-4,9-12H2,1-2H3,(H,24,27). The Balaban J connectivity index is 1.68. The molecule has 0 aromatic heterocycles. The van der Waals surface area contributed by atoms with Crippen LogP contribution in [0.2, 0.25) is 0 Å². The molecule has 2 heterocycles. The van der Waals surface area contributed by atoms with E-state index in [0.29, 0.717) is 23.6 Å². The van der Waals surface area contributed by atoms with Gasteiger partial charge in [-0.2, -0.15) is 0 Å². The second-order valence-corrected chi connectivity index (χ2v) is 7.60. The van der Waals surface area contributed by atoms with Gasteiger partial charge < -0.3 is 25.0 Å². The Hall–Kier alpha value is -3.22. The molecule has 1 unspecified atom stereocenters. The van der Waals surface area contributed by atoms with Crippen LogP contribution < -0.4 is 20.1 Å². The number of amides is 2. The lowest BCUT2D eigenvalue weighted by atomic mass is 9.99. The molecule has 2 aliphatic heterocycles. The van der Waals surface area contributed by atoms with Gasteiger partial charge in [-0.25, -0.2) is 0 Å². The highest BCUT2D eigenvalue weighted by molar-refractivity contribution is 5.98. The van der Waals surface area contributed by atoms with Crippen LogP contribution in [-0.4, -0.2) is 50.6 Å². The number of carbonyl (C=O) groups is 2. The highest BCUT2D eigenvalue weighted by Gasteiger charge is 2.29. The van der Waals surface area contributed by atoms with E-state index in [1.807, 2.05) is 35.2 Å². The van der Waals surface area contributed by atoms with Crippen LogP contribution >= 0.6 is 0 Å². The van der Waals surface area contributed by atoms with E-state index < -0.39 is 6.04 Å². The van der Waals surface area contributed by atoms with Crippen molar-refractivity contribution in [2.75, 3.05) is 39.2 Å². The number of methoxy groups -OCH3 is 2. The molecule has 0 bridgehead atoms. The number of fused-ring (bicyclic) bond motifs is 1. The first kappa shape index (κ1) is 20.1. The SMILES string of the molecule is COc1ccc(C(Nc2ccc3c(c2)C(=O)NCC3)C(=O)N2CCCC2)cc1OC. The number of ether oxygens (including phenoxy) is 2. The van der Waals surface area contributed by atoms with Gasteiger partial charge in [0.15, 0.2) is 11.5 Å². The van der Waals surface area contributed by atoms with E-state index in [1.54, 1.807) is 20.3 Å². The Morgan fingerprint density at radius 2 is 1.83 bits per heavy atom. The smallest absolute Gasteiger partial charge is 0.251 e. The molecule has 30 heavy (non-hydrogen) atoms. The van der Waals surface area contributed by atoms with Crippen molar-refractivity contribution in [3.05, 3.63) is 53.1 Å². The third-order valence-electron chi connectivity index (χ3n) is 5.75. The number of hydrogen-bond acceptors (Lipinski definition) is 5. The molecule has 2 aromatic rings. The average Bonchev–Trinajstić information content (AvgIpc) is 3.32. The second-order valence-electron chi connectivity index (χ2n) is 7.60. The van der Waals surface area contributed by atoms with Crippen molar-refractivity contribution in [2.45, 2.75) is 25.3 Å². The van der Waals surface area contributed by atoms with Crippen molar-refractivity contribution in [3.63, 3.8) is 0 Å². The molecule has 7 heteroatoms. The van der Waals surface area contributed by atoms with Crippen molar-refractivity contribution >= 4 is 17.5 Å². The zero-order valence-corrected chi connectivity index (χ0v) is 17.4. The largest absolute Gasteiger partial charge is 0.493 e. The molecule has 0 radical (unpaired) electrons. The molecule has 158 valence electrons. The number of carbonyl (C=O) groups excluding carboxylic acids is 2. The number of nitrogens with one attached hydrogen (secondary N) is 2. The van der Waals surface area contributed by atoms with Crippen molar-refractivity contribution in [2.24, 2.45) is 0 Å².